The lowest BCUT2D eigenvalue weighted by atomic mass is 9.98. The van der Waals surface area contributed by atoms with E-state index in [0.29, 0.717) is 22.6 Å². The summed E-state index contributed by atoms with van der Waals surface area (Å²) in [6.07, 6.45) is 11.5. The number of rotatable bonds is 5. The zero-order chi connectivity index (χ0) is 25.5. The van der Waals surface area contributed by atoms with Crippen molar-refractivity contribution >= 4 is 21.9 Å². The normalized spacial score (nSPS) is 14.3. The van der Waals surface area contributed by atoms with Gasteiger partial charge in [-0.25, -0.2) is 9.37 Å². The Morgan fingerprint density at radius 3 is 2.63 bits per heavy atom. The molecule has 0 atom stereocenters. The average molecular weight is 505 g/mol. The monoisotopic (exact) mass is 504 g/mol. The van der Waals surface area contributed by atoms with E-state index < -0.39 is 0 Å². The molecule has 2 aromatic carbocycles. The van der Waals surface area contributed by atoms with Crippen LogP contribution in [0.3, 0.4) is 0 Å². The van der Waals surface area contributed by atoms with Crippen LogP contribution in [0.15, 0.2) is 73.2 Å². The maximum Gasteiger partial charge on any atom is 0.159 e. The molecule has 0 amide bonds. The van der Waals surface area contributed by atoms with Crippen molar-refractivity contribution in [3.63, 3.8) is 0 Å². The van der Waals surface area contributed by atoms with E-state index in [1.807, 2.05) is 36.4 Å². The van der Waals surface area contributed by atoms with Gasteiger partial charge in [-0.15, -0.1) is 0 Å². The predicted molar refractivity (Wildman–Crippen MR) is 145 cm³/mol. The van der Waals surface area contributed by atoms with E-state index in [2.05, 4.69) is 25.1 Å². The van der Waals surface area contributed by atoms with Crippen LogP contribution in [0.25, 0.3) is 55.8 Å². The smallest absolute Gasteiger partial charge is 0.159 e. The number of hydrogen-bond acceptors (Lipinski definition) is 5. The number of aromatic amines is 2. The Morgan fingerprint density at radius 2 is 1.74 bits per heavy atom. The summed E-state index contributed by atoms with van der Waals surface area (Å²) >= 11 is 0. The molecule has 6 aromatic rings. The minimum atomic E-state index is -0.284. The Kier molecular flexibility index (Phi) is 5.57. The molecule has 0 unspecified atom stereocenters. The lowest BCUT2D eigenvalue weighted by Crippen LogP contribution is -2.19. The Morgan fingerprint density at radius 1 is 0.868 bits per heavy atom. The molecular formula is C30H25FN6O. The van der Waals surface area contributed by atoms with Crippen LogP contribution >= 0.6 is 0 Å². The van der Waals surface area contributed by atoms with Gasteiger partial charge >= 0.3 is 0 Å². The number of aromatic nitrogens is 6. The number of benzene rings is 2. The number of fused-ring (bicyclic) bond motifs is 2. The third kappa shape index (κ3) is 4.08. The highest BCUT2D eigenvalue weighted by Gasteiger charge is 2.18. The Hall–Kier alpha value is -4.59. The first-order valence-electron chi connectivity index (χ1n) is 12.9. The molecule has 7 rings (SSSR count). The van der Waals surface area contributed by atoms with Crippen LogP contribution in [0.4, 0.5) is 4.39 Å². The molecule has 4 heterocycles. The maximum absolute atomic E-state index is 14.6. The number of H-pyrrole nitrogens is 2. The summed E-state index contributed by atoms with van der Waals surface area (Å²) < 4.78 is 20.8. The van der Waals surface area contributed by atoms with Gasteiger partial charge in [0.05, 0.1) is 40.7 Å². The molecule has 0 aliphatic heterocycles. The van der Waals surface area contributed by atoms with Gasteiger partial charge in [-0.05, 0) is 49.9 Å². The molecule has 2 N–H and O–H groups in total. The van der Waals surface area contributed by atoms with Gasteiger partial charge in [0.25, 0.3) is 0 Å². The van der Waals surface area contributed by atoms with Crippen LogP contribution < -0.4 is 4.74 Å². The third-order valence-electron chi connectivity index (χ3n) is 7.21. The highest BCUT2D eigenvalue weighted by Crippen LogP contribution is 2.34. The quantitative estimate of drug-likeness (QED) is 0.262. The molecule has 1 aliphatic rings. The van der Waals surface area contributed by atoms with Gasteiger partial charge in [0.15, 0.2) is 5.82 Å². The van der Waals surface area contributed by atoms with Crippen molar-refractivity contribution in [2.45, 2.75) is 38.2 Å². The summed E-state index contributed by atoms with van der Waals surface area (Å²) in [5.41, 5.74) is 5.84. The van der Waals surface area contributed by atoms with Gasteiger partial charge in [0.1, 0.15) is 17.3 Å². The first-order chi connectivity index (χ1) is 18.7. The van der Waals surface area contributed by atoms with Crippen molar-refractivity contribution in [3.05, 3.63) is 79.0 Å². The van der Waals surface area contributed by atoms with E-state index in [9.17, 15) is 4.39 Å². The highest BCUT2D eigenvalue weighted by molar-refractivity contribution is 5.97. The molecule has 7 nitrogen and oxygen atoms in total. The van der Waals surface area contributed by atoms with Crippen molar-refractivity contribution in [3.8, 4) is 39.7 Å². The molecular weight excluding hydrogens is 479 g/mol. The van der Waals surface area contributed by atoms with Crippen molar-refractivity contribution in [2.75, 3.05) is 0 Å². The first-order valence-corrected chi connectivity index (χ1v) is 12.9. The number of ether oxygens (including phenoxy) is 1. The number of imidazole rings is 1. The topological polar surface area (TPSA) is 92.4 Å². The lowest BCUT2D eigenvalue weighted by Gasteiger charge is -2.22. The first kappa shape index (κ1) is 22.6. The fourth-order valence-electron chi connectivity index (χ4n) is 5.30. The molecule has 0 bridgehead atoms. The van der Waals surface area contributed by atoms with Crippen LogP contribution in [0.5, 0.6) is 5.75 Å². The molecule has 1 fully saturated rings. The van der Waals surface area contributed by atoms with Crippen LogP contribution in [0.1, 0.15) is 32.1 Å². The summed E-state index contributed by atoms with van der Waals surface area (Å²) in [6.45, 7) is 0. The fraction of sp³-hybridized carbons (Fsp3) is 0.200. The van der Waals surface area contributed by atoms with Gasteiger partial charge < -0.3 is 9.72 Å². The van der Waals surface area contributed by atoms with E-state index in [1.165, 1.54) is 25.3 Å². The number of nitrogens with one attached hydrogen (secondary N) is 2. The van der Waals surface area contributed by atoms with Crippen LogP contribution in [0, 0.1) is 5.82 Å². The largest absolute Gasteiger partial charge is 0.489 e. The number of para-hydroxylation sites is 1. The Bertz CT molecular complexity index is 1770. The second kappa shape index (κ2) is 9.37. The zero-order valence-electron chi connectivity index (χ0n) is 20.6. The Labute approximate surface area is 218 Å². The summed E-state index contributed by atoms with van der Waals surface area (Å²) in [5.74, 6) is 1.08. The lowest BCUT2D eigenvalue weighted by molar-refractivity contribution is 0.154. The molecule has 0 radical (unpaired) electrons. The zero-order valence-corrected chi connectivity index (χ0v) is 20.6. The maximum atomic E-state index is 14.6. The average Bonchev–Trinajstić information content (AvgIpc) is 3.58. The minimum Gasteiger partial charge on any atom is -0.489 e. The molecule has 1 aliphatic carbocycles. The van der Waals surface area contributed by atoms with Gasteiger partial charge in [0.2, 0.25) is 0 Å². The van der Waals surface area contributed by atoms with Gasteiger partial charge in [0, 0.05) is 28.3 Å². The van der Waals surface area contributed by atoms with E-state index in [1.54, 1.807) is 30.7 Å². The van der Waals surface area contributed by atoms with Crippen LogP contribution in [-0.2, 0) is 0 Å². The van der Waals surface area contributed by atoms with Crippen LogP contribution in [-0.4, -0.2) is 36.2 Å². The number of nitrogens with zero attached hydrogens (tertiary/aromatic N) is 4. The standard InChI is InChI=1S/C30H25FN6O/c31-24-11-5-4-9-21(24)22-10-6-12-25-28(22)35-30(34-25)29-23-14-26(33-17-27(23)36-37-29)18-13-20(16-32-15-18)38-19-7-2-1-3-8-19/h4-6,9-17,19H,1-3,7-8H2,(H,34,35)(H,36,37). The van der Waals surface area contributed by atoms with Crippen LogP contribution in [0.2, 0.25) is 0 Å². The van der Waals surface area contributed by atoms with Crippen molar-refractivity contribution in [1.82, 2.24) is 30.1 Å². The van der Waals surface area contributed by atoms with Gasteiger partial charge in [-0.2, -0.15) is 5.10 Å². The molecule has 8 heteroatoms. The number of hydrogen-bond donors (Lipinski definition) is 2. The van der Waals surface area contributed by atoms with E-state index in [4.69, 9.17) is 9.72 Å². The van der Waals surface area contributed by atoms with Crippen molar-refractivity contribution < 1.29 is 9.13 Å². The minimum absolute atomic E-state index is 0.249. The second-order valence-electron chi connectivity index (χ2n) is 9.74. The third-order valence-corrected chi connectivity index (χ3v) is 7.21. The molecule has 4 aromatic heterocycles. The molecule has 0 saturated heterocycles. The number of pyridine rings is 2. The highest BCUT2D eigenvalue weighted by atomic mass is 19.1. The molecule has 1 saturated carbocycles. The van der Waals surface area contributed by atoms with Gasteiger partial charge in [-0.1, -0.05) is 36.8 Å². The van der Waals surface area contributed by atoms with E-state index in [-0.39, 0.29) is 11.9 Å². The predicted octanol–water partition coefficient (Wildman–Crippen LogP) is 7.08. The summed E-state index contributed by atoms with van der Waals surface area (Å²) in [7, 11) is 0. The molecule has 38 heavy (non-hydrogen) atoms. The summed E-state index contributed by atoms with van der Waals surface area (Å²) in [6, 6.07) is 16.4. The number of halogens is 1. The second-order valence-corrected chi connectivity index (χ2v) is 9.74. The molecule has 0 spiro atoms. The summed E-state index contributed by atoms with van der Waals surface area (Å²) in [5, 5.41) is 8.47. The molecule has 188 valence electrons. The summed E-state index contributed by atoms with van der Waals surface area (Å²) in [4.78, 5) is 17.3. The van der Waals surface area contributed by atoms with E-state index in [0.717, 1.165) is 51.8 Å². The SMILES string of the molecule is Fc1ccccc1-c1cccc2[nH]c(-c3n[nH]c4cnc(-c5cncc(OC6CCCCC6)c5)cc34)nc12. The van der Waals surface area contributed by atoms with E-state index >= 15 is 0 Å². The van der Waals surface area contributed by atoms with Gasteiger partial charge in [-0.3, -0.25) is 15.1 Å². The Balaban J connectivity index is 1.26. The van der Waals surface area contributed by atoms with Crippen molar-refractivity contribution in [2.24, 2.45) is 0 Å². The van der Waals surface area contributed by atoms with Crippen molar-refractivity contribution in [1.29, 1.82) is 0 Å². The fourth-order valence-corrected chi connectivity index (χ4v) is 5.30.